The molecule has 2 amide bonds. The lowest BCUT2D eigenvalue weighted by Gasteiger charge is -2.36. The quantitative estimate of drug-likeness (QED) is 0.0502. The lowest BCUT2D eigenvalue weighted by molar-refractivity contribution is -0.245. The first kappa shape index (κ1) is 36.8. The number of anilines is 2. The van der Waals surface area contributed by atoms with Crippen LogP contribution in [0.4, 0.5) is 11.4 Å². The molecule has 11 heteroatoms. The van der Waals surface area contributed by atoms with Crippen molar-refractivity contribution in [2.45, 2.75) is 68.9 Å². The van der Waals surface area contributed by atoms with Crippen molar-refractivity contribution in [1.29, 1.82) is 0 Å². The highest BCUT2D eigenvalue weighted by atomic mass is 32.2. The Morgan fingerprint density at radius 2 is 1.63 bits per heavy atom. The van der Waals surface area contributed by atoms with Crippen molar-refractivity contribution in [2.24, 2.45) is 7.05 Å². The number of rotatable bonds is 15. The number of hydrogen-bond acceptors (Lipinski definition) is 8. The van der Waals surface area contributed by atoms with Crippen molar-refractivity contribution in [3.63, 3.8) is 0 Å². The number of benzene rings is 4. The number of nitrogens with two attached hydrogens (primary N) is 1. The summed E-state index contributed by atoms with van der Waals surface area (Å²) in [5.74, 6) is 0.574. The van der Waals surface area contributed by atoms with Gasteiger partial charge in [0.05, 0.1) is 30.2 Å². The van der Waals surface area contributed by atoms with Gasteiger partial charge in [-0.15, -0.1) is 0 Å². The highest BCUT2D eigenvalue weighted by Crippen LogP contribution is 2.39. The zero-order valence-electron chi connectivity index (χ0n) is 29.2. The highest BCUT2D eigenvalue weighted by Gasteiger charge is 2.32. The Kier molecular flexibility index (Phi) is 12.8. The molecule has 10 nitrogen and oxygen atoms in total. The van der Waals surface area contributed by atoms with E-state index in [1.807, 2.05) is 78.5 Å². The van der Waals surface area contributed by atoms with Gasteiger partial charge >= 0.3 is 0 Å². The van der Waals surface area contributed by atoms with Crippen LogP contribution in [-0.2, 0) is 39.3 Å². The molecule has 1 fully saturated rings. The summed E-state index contributed by atoms with van der Waals surface area (Å²) in [6.45, 7) is 0.417. The maximum absolute atomic E-state index is 12.6. The maximum atomic E-state index is 12.6. The van der Waals surface area contributed by atoms with E-state index in [4.69, 9.17) is 15.2 Å². The number of para-hydroxylation sites is 2. The number of unbranched alkanes of at least 4 members (excludes halogenated alkanes) is 1. The van der Waals surface area contributed by atoms with Crippen LogP contribution in [0.15, 0.2) is 115 Å². The number of thioether (sulfide) groups is 1. The van der Waals surface area contributed by atoms with Gasteiger partial charge in [-0.3, -0.25) is 9.59 Å². The van der Waals surface area contributed by atoms with E-state index >= 15 is 0 Å². The van der Waals surface area contributed by atoms with Crippen LogP contribution >= 0.6 is 11.8 Å². The lowest BCUT2D eigenvalue weighted by Crippen LogP contribution is -2.31. The fourth-order valence-corrected chi connectivity index (χ4v) is 7.01. The number of aryl methyl sites for hydroxylation is 1. The first-order valence-electron chi connectivity index (χ1n) is 17.6. The summed E-state index contributed by atoms with van der Waals surface area (Å²) in [5.41, 5.74) is 12.9. The number of hydrogen-bond donors (Lipinski definition) is 4. The van der Waals surface area contributed by atoms with E-state index in [0.29, 0.717) is 50.0 Å². The number of carbonyl (C=O) groups is 2. The minimum absolute atomic E-state index is 0.0000749. The van der Waals surface area contributed by atoms with Crippen LogP contribution in [0, 0.1) is 0 Å². The second-order valence-corrected chi connectivity index (χ2v) is 13.9. The molecule has 4 aromatic carbocycles. The van der Waals surface area contributed by atoms with Crippen molar-refractivity contribution < 1.29 is 24.2 Å². The Morgan fingerprint density at radius 3 is 2.37 bits per heavy atom. The summed E-state index contributed by atoms with van der Waals surface area (Å²) in [7, 11) is 1.99. The predicted molar refractivity (Wildman–Crippen MR) is 204 cm³/mol. The Morgan fingerprint density at radius 1 is 0.885 bits per heavy atom. The van der Waals surface area contributed by atoms with Gasteiger partial charge in [-0.1, -0.05) is 90.6 Å². The maximum Gasteiger partial charge on any atom is 0.224 e. The standard InChI is InChI=1S/C41H45N5O5S/c1-46-22-21-43-41(46)52-27-34-24-37(31-15-13-28(26-47)14-16-31)51-40(50-34)32-19-17-30(18-20-32)33-8-6-7-29(23-33)25-44-38(48)11-4-5-12-39(49)45-36-10-3-2-9-35(36)42/h2-3,6-10,13-23,34,37,40,47H,4-5,11-12,24-27,42H2,1H3,(H,44,48)(H,45,49). The molecule has 1 saturated heterocycles. The Labute approximate surface area is 308 Å². The van der Waals surface area contributed by atoms with E-state index in [1.165, 1.54) is 0 Å². The van der Waals surface area contributed by atoms with Gasteiger partial charge < -0.3 is 35.5 Å². The summed E-state index contributed by atoms with van der Waals surface area (Å²) in [6.07, 6.45) is 5.57. The van der Waals surface area contributed by atoms with Gasteiger partial charge in [0.25, 0.3) is 0 Å². The van der Waals surface area contributed by atoms with Crippen LogP contribution in [0.2, 0.25) is 0 Å². The molecule has 270 valence electrons. The molecule has 0 radical (unpaired) electrons. The largest absolute Gasteiger partial charge is 0.397 e. The zero-order chi connectivity index (χ0) is 36.3. The molecule has 0 saturated carbocycles. The number of ether oxygens (including phenoxy) is 2. The van der Waals surface area contributed by atoms with E-state index in [1.54, 1.807) is 30.1 Å². The molecule has 0 spiro atoms. The van der Waals surface area contributed by atoms with Crippen LogP contribution in [0.3, 0.4) is 0 Å². The fourth-order valence-electron chi connectivity index (χ4n) is 6.06. The summed E-state index contributed by atoms with van der Waals surface area (Å²) in [4.78, 5) is 29.3. The molecule has 3 atom stereocenters. The van der Waals surface area contributed by atoms with Crippen molar-refractivity contribution in [2.75, 3.05) is 16.8 Å². The van der Waals surface area contributed by atoms with Gasteiger partial charge in [-0.25, -0.2) is 4.98 Å². The SMILES string of the molecule is Cn1ccnc1SCC1CC(c2ccc(CO)cc2)OC(c2ccc(-c3cccc(CNC(=O)CCCCC(=O)Nc4ccccc4N)c3)cc2)O1. The minimum Gasteiger partial charge on any atom is -0.397 e. The van der Waals surface area contributed by atoms with Crippen molar-refractivity contribution >= 4 is 35.0 Å². The molecule has 5 aromatic rings. The molecule has 5 N–H and O–H groups in total. The second-order valence-electron chi connectivity index (χ2n) is 12.9. The average molecular weight is 720 g/mol. The molecule has 3 unspecified atom stereocenters. The zero-order valence-corrected chi connectivity index (χ0v) is 30.1. The van der Waals surface area contributed by atoms with Crippen molar-refractivity contribution in [3.8, 4) is 11.1 Å². The molecular formula is C41H45N5O5S. The molecule has 0 bridgehead atoms. The number of nitrogen functional groups attached to an aromatic ring is 1. The second kappa shape index (κ2) is 18.0. The number of nitrogens with zero attached hydrogens (tertiary/aromatic N) is 2. The summed E-state index contributed by atoms with van der Waals surface area (Å²) >= 11 is 1.67. The summed E-state index contributed by atoms with van der Waals surface area (Å²) in [6, 6.07) is 31.4. The van der Waals surface area contributed by atoms with Gasteiger partial charge in [-0.2, -0.15) is 0 Å². The number of nitrogens with one attached hydrogen (secondary N) is 2. The molecule has 6 rings (SSSR count). The van der Waals surface area contributed by atoms with E-state index in [0.717, 1.165) is 44.3 Å². The normalized spacial score (nSPS) is 17.1. The highest BCUT2D eigenvalue weighted by molar-refractivity contribution is 7.99. The third-order valence-corrected chi connectivity index (χ3v) is 10.2. The number of carbonyl (C=O) groups excluding carboxylic acids is 2. The van der Waals surface area contributed by atoms with Gasteiger partial charge in [0.2, 0.25) is 11.8 Å². The van der Waals surface area contributed by atoms with E-state index < -0.39 is 6.29 Å². The Bertz CT molecular complexity index is 1930. The number of amides is 2. The first-order valence-corrected chi connectivity index (χ1v) is 18.5. The van der Waals surface area contributed by atoms with Gasteiger partial charge in [-0.05, 0) is 58.9 Å². The van der Waals surface area contributed by atoms with Crippen LogP contribution in [0.25, 0.3) is 11.1 Å². The van der Waals surface area contributed by atoms with Crippen LogP contribution < -0.4 is 16.4 Å². The van der Waals surface area contributed by atoms with Crippen LogP contribution in [-0.4, -0.2) is 38.3 Å². The lowest BCUT2D eigenvalue weighted by atomic mass is 9.99. The summed E-state index contributed by atoms with van der Waals surface area (Å²) in [5, 5.41) is 16.3. The average Bonchev–Trinajstić information content (AvgIpc) is 3.60. The molecule has 1 aliphatic rings. The molecule has 0 aliphatic carbocycles. The Balaban J connectivity index is 1.02. The molecular weight excluding hydrogens is 675 g/mol. The van der Waals surface area contributed by atoms with Crippen molar-refractivity contribution in [3.05, 3.63) is 132 Å². The van der Waals surface area contributed by atoms with E-state index in [2.05, 4.69) is 39.9 Å². The third kappa shape index (κ3) is 10.1. The predicted octanol–water partition coefficient (Wildman–Crippen LogP) is 7.31. The number of aliphatic hydroxyl groups excluding tert-OH is 1. The number of aromatic nitrogens is 2. The molecule has 1 aromatic heterocycles. The fraction of sp³-hybridized carbons (Fsp3) is 0.293. The van der Waals surface area contributed by atoms with Gasteiger partial charge in [0.1, 0.15) is 0 Å². The smallest absolute Gasteiger partial charge is 0.224 e. The monoisotopic (exact) mass is 719 g/mol. The van der Waals surface area contributed by atoms with Gasteiger partial charge in [0, 0.05) is 56.6 Å². The van der Waals surface area contributed by atoms with E-state index in [-0.39, 0.29) is 30.6 Å². The molecule has 2 heterocycles. The first-order chi connectivity index (χ1) is 25.3. The van der Waals surface area contributed by atoms with Crippen molar-refractivity contribution in [1.82, 2.24) is 14.9 Å². The number of aliphatic hydroxyl groups is 1. The molecule has 52 heavy (non-hydrogen) atoms. The minimum atomic E-state index is -0.545. The molecule has 1 aliphatic heterocycles. The number of imidazole rings is 1. The van der Waals surface area contributed by atoms with Crippen LogP contribution in [0.1, 0.15) is 66.8 Å². The summed E-state index contributed by atoms with van der Waals surface area (Å²) < 4.78 is 15.1. The van der Waals surface area contributed by atoms with Crippen LogP contribution in [0.5, 0.6) is 0 Å². The third-order valence-electron chi connectivity index (χ3n) is 9.02. The van der Waals surface area contributed by atoms with E-state index in [9.17, 15) is 14.7 Å². The Hall–Kier alpha value is -4.94. The van der Waals surface area contributed by atoms with Gasteiger partial charge in [0.15, 0.2) is 11.4 Å². The topological polar surface area (TPSA) is 141 Å².